The summed E-state index contributed by atoms with van der Waals surface area (Å²) in [5.41, 5.74) is 0.935. The summed E-state index contributed by atoms with van der Waals surface area (Å²) in [7, 11) is 0. The maximum absolute atomic E-state index is 12.5. The van der Waals surface area contributed by atoms with Crippen LogP contribution in [0.4, 0.5) is 0 Å². The lowest BCUT2D eigenvalue weighted by Gasteiger charge is -2.43. The number of carbonyl (C=O) groups is 2. The first-order valence-electron chi connectivity index (χ1n) is 8.67. The van der Waals surface area contributed by atoms with Gasteiger partial charge in [0.1, 0.15) is 0 Å². The number of rotatable bonds is 3. The minimum atomic E-state index is -0.224. The summed E-state index contributed by atoms with van der Waals surface area (Å²) >= 11 is 1.62. The van der Waals surface area contributed by atoms with Crippen LogP contribution >= 0.6 is 11.3 Å². The second-order valence-corrected chi connectivity index (χ2v) is 7.91. The first kappa shape index (κ1) is 16.3. The Labute approximate surface area is 151 Å². The Balaban J connectivity index is 1.46. The molecule has 4 heterocycles. The number of likely N-dealkylation sites (tertiary alicyclic amines) is 1. The molecule has 1 spiro atoms. The van der Waals surface area contributed by atoms with Crippen molar-refractivity contribution in [1.29, 1.82) is 0 Å². The second kappa shape index (κ2) is 6.59. The summed E-state index contributed by atoms with van der Waals surface area (Å²) in [6.45, 7) is 1.40. The van der Waals surface area contributed by atoms with Crippen LogP contribution in [0.5, 0.6) is 0 Å². The van der Waals surface area contributed by atoms with Crippen molar-refractivity contribution in [3.05, 3.63) is 52.5 Å². The van der Waals surface area contributed by atoms with Gasteiger partial charge in [0, 0.05) is 42.7 Å². The van der Waals surface area contributed by atoms with Gasteiger partial charge in [0.25, 0.3) is 0 Å². The monoisotopic (exact) mass is 355 g/mol. The molecule has 2 saturated heterocycles. The number of pyridine rings is 1. The van der Waals surface area contributed by atoms with Crippen LogP contribution in [-0.4, -0.2) is 40.3 Å². The van der Waals surface area contributed by atoms with Crippen molar-refractivity contribution in [3.63, 3.8) is 0 Å². The number of piperidine rings is 1. The van der Waals surface area contributed by atoms with Crippen LogP contribution in [0.25, 0.3) is 0 Å². The summed E-state index contributed by atoms with van der Waals surface area (Å²) in [5, 5.41) is 5.23. The van der Waals surface area contributed by atoms with E-state index >= 15 is 0 Å². The number of aromatic nitrogens is 1. The minimum absolute atomic E-state index is 0.111. The second-order valence-electron chi connectivity index (χ2n) is 6.88. The van der Waals surface area contributed by atoms with Crippen LogP contribution in [-0.2, 0) is 16.0 Å². The van der Waals surface area contributed by atoms with Gasteiger partial charge in [-0.1, -0.05) is 6.07 Å². The lowest BCUT2D eigenvalue weighted by molar-refractivity contribution is -0.132. The molecule has 0 radical (unpaired) electrons. The van der Waals surface area contributed by atoms with Gasteiger partial charge >= 0.3 is 0 Å². The number of amides is 2. The summed E-state index contributed by atoms with van der Waals surface area (Å²) in [4.78, 5) is 31.8. The Morgan fingerprint density at radius 2 is 2.04 bits per heavy atom. The third-order valence-electron chi connectivity index (χ3n) is 5.47. The summed E-state index contributed by atoms with van der Waals surface area (Å²) in [6.07, 6.45) is 6.18. The Morgan fingerprint density at radius 1 is 1.28 bits per heavy atom. The highest BCUT2D eigenvalue weighted by Crippen LogP contribution is 2.43. The third-order valence-corrected chi connectivity index (χ3v) is 6.34. The van der Waals surface area contributed by atoms with Gasteiger partial charge in [-0.05, 0) is 42.0 Å². The number of nitrogens with one attached hydrogen (secondary N) is 1. The molecule has 4 rings (SSSR count). The van der Waals surface area contributed by atoms with E-state index in [1.54, 1.807) is 23.7 Å². The van der Waals surface area contributed by atoms with Crippen molar-refractivity contribution in [3.8, 4) is 0 Å². The fourth-order valence-electron chi connectivity index (χ4n) is 4.13. The quantitative estimate of drug-likeness (QED) is 0.919. The zero-order chi connectivity index (χ0) is 17.3. The fourth-order valence-corrected chi connectivity index (χ4v) is 4.83. The first-order valence-corrected chi connectivity index (χ1v) is 9.55. The normalized spacial score (nSPS) is 22.2. The molecule has 0 saturated carbocycles. The first-order chi connectivity index (χ1) is 12.2. The molecule has 2 aromatic heterocycles. The zero-order valence-corrected chi connectivity index (χ0v) is 14.8. The molecular weight excluding hydrogens is 334 g/mol. The van der Waals surface area contributed by atoms with Crippen LogP contribution in [0.15, 0.2) is 42.0 Å². The van der Waals surface area contributed by atoms with Gasteiger partial charge in [0.05, 0.1) is 12.0 Å². The average molecular weight is 355 g/mol. The third kappa shape index (κ3) is 3.18. The fraction of sp³-hybridized carbons (Fsp3) is 0.421. The van der Waals surface area contributed by atoms with Crippen molar-refractivity contribution in [2.45, 2.75) is 37.1 Å². The Morgan fingerprint density at radius 3 is 2.72 bits per heavy atom. The molecule has 2 amide bonds. The highest BCUT2D eigenvalue weighted by atomic mass is 32.1. The average Bonchev–Trinajstić information content (AvgIpc) is 3.24. The molecule has 1 N–H and O–H groups in total. The van der Waals surface area contributed by atoms with E-state index < -0.39 is 0 Å². The molecule has 130 valence electrons. The molecule has 5 nitrogen and oxygen atoms in total. The number of hydrogen-bond donors (Lipinski definition) is 1. The van der Waals surface area contributed by atoms with Gasteiger partial charge in [-0.3, -0.25) is 14.6 Å². The van der Waals surface area contributed by atoms with Crippen LogP contribution in [0, 0.1) is 0 Å². The molecule has 2 fully saturated rings. The van der Waals surface area contributed by atoms with Crippen LogP contribution in [0.1, 0.15) is 35.6 Å². The molecule has 2 aromatic rings. The van der Waals surface area contributed by atoms with E-state index in [0.29, 0.717) is 25.9 Å². The maximum atomic E-state index is 12.5. The topological polar surface area (TPSA) is 62.3 Å². The zero-order valence-electron chi connectivity index (χ0n) is 14.0. The van der Waals surface area contributed by atoms with Gasteiger partial charge in [0.2, 0.25) is 11.8 Å². The summed E-state index contributed by atoms with van der Waals surface area (Å²) in [5.74, 6) is 0.458. The maximum Gasteiger partial charge on any atom is 0.227 e. The SMILES string of the molecule is O=C1C[C@@H](c2ccncc2)C2(CCN(C(=O)Cc3cccs3)CC2)N1. The number of hydrogen-bond acceptors (Lipinski definition) is 4. The van der Waals surface area contributed by atoms with Crippen molar-refractivity contribution in [2.75, 3.05) is 13.1 Å². The van der Waals surface area contributed by atoms with E-state index in [1.807, 2.05) is 34.5 Å². The molecular formula is C19H21N3O2S. The van der Waals surface area contributed by atoms with Crippen LogP contribution in [0.2, 0.25) is 0 Å². The molecule has 0 unspecified atom stereocenters. The molecule has 0 aromatic carbocycles. The van der Waals surface area contributed by atoms with Crippen molar-refractivity contribution in [1.82, 2.24) is 15.2 Å². The Kier molecular flexibility index (Phi) is 4.29. The summed E-state index contributed by atoms with van der Waals surface area (Å²) < 4.78 is 0. The van der Waals surface area contributed by atoms with E-state index in [2.05, 4.69) is 10.3 Å². The number of thiophene rings is 1. The van der Waals surface area contributed by atoms with Crippen molar-refractivity contribution < 1.29 is 9.59 Å². The van der Waals surface area contributed by atoms with Crippen molar-refractivity contribution >= 4 is 23.2 Å². The van der Waals surface area contributed by atoms with Gasteiger partial charge in [0.15, 0.2) is 0 Å². The standard InChI is InChI=1S/C19H21N3O2S/c23-17-13-16(14-3-7-20-8-4-14)19(21-17)5-9-22(10-6-19)18(24)12-15-2-1-11-25-15/h1-4,7-8,11,16H,5-6,9-10,12-13H2,(H,21,23)/t16-/m0/s1. The minimum Gasteiger partial charge on any atom is -0.350 e. The van der Waals surface area contributed by atoms with E-state index in [-0.39, 0.29) is 23.3 Å². The predicted molar refractivity (Wildman–Crippen MR) is 96.3 cm³/mol. The molecule has 25 heavy (non-hydrogen) atoms. The molecule has 6 heteroatoms. The molecule has 2 aliphatic rings. The molecule has 2 aliphatic heterocycles. The highest BCUT2D eigenvalue weighted by molar-refractivity contribution is 7.10. The number of carbonyl (C=O) groups excluding carboxylic acids is 2. The van der Waals surface area contributed by atoms with Gasteiger partial charge < -0.3 is 10.2 Å². The van der Waals surface area contributed by atoms with Gasteiger partial charge in [-0.25, -0.2) is 0 Å². The smallest absolute Gasteiger partial charge is 0.227 e. The van der Waals surface area contributed by atoms with E-state index in [0.717, 1.165) is 23.3 Å². The van der Waals surface area contributed by atoms with Crippen molar-refractivity contribution in [2.24, 2.45) is 0 Å². The largest absolute Gasteiger partial charge is 0.350 e. The predicted octanol–water partition coefficient (Wildman–Crippen LogP) is 2.35. The van der Waals surface area contributed by atoms with Crippen LogP contribution in [0.3, 0.4) is 0 Å². The number of nitrogens with zero attached hydrogens (tertiary/aromatic N) is 2. The van der Waals surface area contributed by atoms with Crippen LogP contribution < -0.4 is 5.32 Å². The van der Waals surface area contributed by atoms with E-state index in [4.69, 9.17) is 0 Å². The summed E-state index contributed by atoms with van der Waals surface area (Å²) in [6, 6.07) is 7.98. The molecule has 0 bridgehead atoms. The molecule has 0 aliphatic carbocycles. The van der Waals surface area contributed by atoms with Gasteiger partial charge in [-0.2, -0.15) is 0 Å². The highest BCUT2D eigenvalue weighted by Gasteiger charge is 2.49. The lowest BCUT2D eigenvalue weighted by atomic mass is 9.74. The van der Waals surface area contributed by atoms with Gasteiger partial charge in [-0.15, -0.1) is 11.3 Å². The Hall–Kier alpha value is -2.21. The van der Waals surface area contributed by atoms with E-state index in [1.165, 1.54) is 0 Å². The lowest BCUT2D eigenvalue weighted by Crippen LogP contribution is -2.54. The molecule has 1 atom stereocenters. The Bertz CT molecular complexity index is 752. The van der Waals surface area contributed by atoms with E-state index in [9.17, 15) is 9.59 Å².